The summed E-state index contributed by atoms with van der Waals surface area (Å²) in [7, 11) is 0. The molecule has 0 fully saturated rings. The third kappa shape index (κ3) is 4.88. The number of nitrogens with one attached hydrogen (secondary N) is 2. The number of carbonyl (C=O) groups excluding carboxylic acids is 1. The van der Waals surface area contributed by atoms with Crippen LogP contribution in [-0.2, 0) is 11.2 Å². The van der Waals surface area contributed by atoms with Gasteiger partial charge in [0, 0.05) is 23.9 Å². The van der Waals surface area contributed by atoms with Crippen LogP contribution in [0.1, 0.15) is 11.3 Å². The van der Waals surface area contributed by atoms with E-state index in [1.54, 1.807) is 0 Å². The fourth-order valence-electron chi connectivity index (χ4n) is 2.52. The van der Waals surface area contributed by atoms with E-state index < -0.39 is 6.04 Å². The number of hydrogen-bond acceptors (Lipinski definition) is 4. The van der Waals surface area contributed by atoms with E-state index >= 15 is 0 Å². The van der Waals surface area contributed by atoms with Crippen molar-refractivity contribution >= 4 is 17.4 Å². The number of hydrogen-bond donors (Lipinski definition) is 2. The van der Waals surface area contributed by atoms with Crippen LogP contribution in [0.4, 0.5) is 11.5 Å². The molecule has 2 N–H and O–H groups in total. The van der Waals surface area contributed by atoms with Crippen molar-refractivity contribution in [2.45, 2.75) is 19.4 Å². The topological polar surface area (TPSA) is 66.9 Å². The maximum atomic E-state index is 12.8. The summed E-state index contributed by atoms with van der Waals surface area (Å²) in [5.74, 6) is 0.531. The lowest BCUT2D eigenvalue weighted by Gasteiger charge is -2.19. The molecule has 5 nitrogen and oxygen atoms in total. The van der Waals surface area contributed by atoms with Crippen molar-refractivity contribution < 1.29 is 4.79 Å². The highest BCUT2D eigenvalue weighted by atomic mass is 16.2. The molecule has 1 heterocycles. The molecule has 0 aliphatic rings. The Morgan fingerprint density at radius 2 is 1.68 bits per heavy atom. The van der Waals surface area contributed by atoms with E-state index in [1.807, 2.05) is 73.7 Å². The van der Waals surface area contributed by atoms with E-state index in [2.05, 4.69) is 20.6 Å². The number of anilines is 2. The fourth-order valence-corrected chi connectivity index (χ4v) is 2.52. The van der Waals surface area contributed by atoms with Crippen LogP contribution in [0, 0.1) is 6.92 Å². The second-order valence-electron chi connectivity index (χ2n) is 5.79. The first-order valence-electron chi connectivity index (χ1n) is 8.16. The number of para-hydroxylation sites is 1. The van der Waals surface area contributed by atoms with Gasteiger partial charge in [-0.15, -0.1) is 0 Å². The van der Waals surface area contributed by atoms with Crippen molar-refractivity contribution in [3.63, 3.8) is 0 Å². The van der Waals surface area contributed by atoms with Crippen LogP contribution in [0.2, 0.25) is 0 Å². The highest BCUT2D eigenvalue weighted by molar-refractivity contribution is 5.96. The minimum absolute atomic E-state index is 0.105. The molecule has 0 unspecified atom stereocenters. The molecule has 1 amide bonds. The third-order valence-corrected chi connectivity index (χ3v) is 3.77. The molecule has 3 rings (SSSR count). The number of rotatable bonds is 6. The van der Waals surface area contributed by atoms with Gasteiger partial charge in [0.05, 0.1) is 0 Å². The van der Waals surface area contributed by atoms with Crippen molar-refractivity contribution in [2.24, 2.45) is 0 Å². The van der Waals surface area contributed by atoms with E-state index in [-0.39, 0.29) is 5.91 Å². The normalized spacial score (nSPS) is 11.6. The van der Waals surface area contributed by atoms with E-state index in [1.165, 1.54) is 6.33 Å². The van der Waals surface area contributed by atoms with Gasteiger partial charge in [0.15, 0.2) is 0 Å². The summed E-state index contributed by atoms with van der Waals surface area (Å²) in [4.78, 5) is 21.1. The molecule has 3 aromatic rings. The predicted octanol–water partition coefficient (Wildman–Crippen LogP) is 3.45. The smallest absolute Gasteiger partial charge is 0.247 e. The summed E-state index contributed by atoms with van der Waals surface area (Å²) in [5, 5.41) is 6.18. The molecule has 126 valence electrons. The Balaban J connectivity index is 1.79. The molecule has 0 saturated carbocycles. The number of aromatic nitrogens is 2. The molecule has 0 aliphatic heterocycles. The Labute approximate surface area is 147 Å². The molecule has 0 radical (unpaired) electrons. The highest BCUT2D eigenvalue weighted by Gasteiger charge is 2.19. The number of carbonyl (C=O) groups is 1. The van der Waals surface area contributed by atoms with Gasteiger partial charge in [0.2, 0.25) is 5.91 Å². The predicted molar refractivity (Wildman–Crippen MR) is 99.4 cm³/mol. The van der Waals surface area contributed by atoms with Crippen LogP contribution in [0.5, 0.6) is 0 Å². The van der Waals surface area contributed by atoms with E-state index in [0.29, 0.717) is 12.2 Å². The molecule has 0 saturated heterocycles. The summed E-state index contributed by atoms with van der Waals surface area (Å²) < 4.78 is 0. The number of benzene rings is 2. The van der Waals surface area contributed by atoms with E-state index in [0.717, 1.165) is 16.9 Å². The van der Waals surface area contributed by atoms with Crippen LogP contribution in [-0.4, -0.2) is 21.9 Å². The number of amides is 1. The van der Waals surface area contributed by atoms with E-state index in [4.69, 9.17) is 0 Å². The number of aryl methyl sites for hydroxylation is 1. The summed E-state index contributed by atoms with van der Waals surface area (Å²) in [6.45, 7) is 1.89. The maximum absolute atomic E-state index is 12.8. The van der Waals surface area contributed by atoms with Crippen molar-refractivity contribution in [1.29, 1.82) is 0 Å². The van der Waals surface area contributed by atoms with Crippen molar-refractivity contribution in [3.8, 4) is 0 Å². The fraction of sp³-hybridized carbons (Fsp3) is 0.150. The largest absolute Gasteiger partial charge is 0.358 e. The van der Waals surface area contributed by atoms with Crippen LogP contribution >= 0.6 is 0 Å². The maximum Gasteiger partial charge on any atom is 0.247 e. The molecule has 0 aliphatic carbocycles. The molecule has 0 spiro atoms. The quantitative estimate of drug-likeness (QED) is 0.725. The van der Waals surface area contributed by atoms with Gasteiger partial charge in [-0.05, 0) is 24.6 Å². The summed E-state index contributed by atoms with van der Waals surface area (Å²) in [5.41, 5.74) is 2.69. The van der Waals surface area contributed by atoms with Gasteiger partial charge in [0.25, 0.3) is 0 Å². The third-order valence-electron chi connectivity index (χ3n) is 3.77. The molecule has 5 heteroatoms. The second-order valence-corrected chi connectivity index (χ2v) is 5.79. The van der Waals surface area contributed by atoms with E-state index in [9.17, 15) is 4.79 Å². The molecule has 1 aromatic heterocycles. The molecule has 2 aromatic carbocycles. The van der Waals surface area contributed by atoms with Crippen LogP contribution in [0.3, 0.4) is 0 Å². The van der Waals surface area contributed by atoms with Gasteiger partial charge in [0.1, 0.15) is 18.2 Å². The Morgan fingerprint density at radius 3 is 2.36 bits per heavy atom. The van der Waals surface area contributed by atoms with Crippen LogP contribution < -0.4 is 10.6 Å². The summed E-state index contributed by atoms with van der Waals surface area (Å²) in [6, 6.07) is 20.7. The van der Waals surface area contributed by atoms with Gasteiger partial charge in [-0.25, -0.2) is 9.97 Å². The average Bonchev–Trinajstić information content (AvgIpc) is 2.63. The monoisotopic (exact) mass is 332 g/mol. The molecule has 1 atom stereocenters. The lowest BCUT2D eigenvalue weighted by Crippen LogP contribution is -2.36. The molecular weight excluding hydrogens is 312 g/mol. The first kappa shape index (κ1) is 16.6. The zero-order chi connectivity index (χ0) is 17.5. The van der Waals surface area contributed by atoms with Gasteiger partial charge in [-0.1, -0.05) is 48.5 Å². The second kappa shape index (κ2) is 8.06. The molecular formula is C20H20N4O. The van der Waals surface area contributed by atoms with Crippen molar-refractivity contribution in [2.75, 3.05) is 10.6 Å². The summed E-state index contributed by atoms with van der Waals surface area (Å²) >= 11 is 0. The minimum atomic E-state index is -0.447. The first-order chi connectivity index (χ1) is 12.2. The Bertz CT molecular complexity index is 821. The molecule has 25 heavy (non-hydrogen) atoms. The van der Waals surface area contributed by atoms with Gasteiger partial charge >= 0.3 is 0 Å². The Hall–Kier alpha value is -3.21. The van der Waals surface area contributed by atoms with Crippen LogP contribution in [0.25, 0.3) is 0 Å². The highest BCUT2D eigenvalue weighted by Crippen LogP contribution is 2.13. The van der Waals surface area contributed by atoms with Gasteiger partial charge in [-0.2, -0.15) is 0 Å². The first-order valence-corrected chi connectivity index (χ1v) is 8.16. The van der Waals surface area contributed by atoms with Crippen molar-refractivity contribution in [3.05, 3.63) is 84.3 Å². The Kier molecular flexibility index (Phi) is 5.36. The zero-order valence-electron chi connectivity index (χ0n) is 14.0. The SMILES string of the molecule is Cc1cc(N[C@H](Cc2ccccc2)C(=O)Nc2ccccc2)ncn1. The zero-order valence-corrected chi connectivity index (χ0v) is 14.0. The van der Waals surface area contributed by atoms with Crippen molar-refractivity contribution in [1.82, 2.24) is 9.97 Å². The molecule has 0 bridgehead atoms. The van der Waals surface area contributed by atoms with Gasteiger partial charge < -0.3 is 10.6 Å². The number of nitrogens with zero attached hydrogens (tertiary/aromatic N) is 2. The minimum Gasteiger partial charge on any atom is -0.358 e. The Morgan fingerprint density at radius 1 is 1.00 bits per heavy atom. The lowest BCUT2D eigenvalue weighted by molar-refractivity contribution is -0.116. The van der Waals surface area contributed by atoms with Gasteiger partial charge in [-0.3, -0.25) is 4.79 Å². The lowest BCUT2D eigenvalue weighted by atomic mass is 10.0. The van der Waals surface area contributed by atoms with Crippen LogP contribution in [0.15, 0.2) is 73.1 Å². The average molecular weight is 332 g/mol. The summed E-state index contributed by atoms with van der Waals surface area (Å²) in [6.07, 6.45) is 2.05. The standard InChI is InChI=1S/C20H20N4O/c1-15-12-19(22-14-21-15)24-18(13-16-8-4-2-5-9-16)20(25)23-17-10-6-3-7-11-17/h2-12,14,18H,13H2,1H3,(H,23,25)(H,21,22,24)/t18-/m1/s1.